The number of carbonyl (C=O) groups is 2. The van der Waals surface area contributed by atoms with Crippen molar-refractivity contribution in [3.63, 3.8) is 0 Å². The van der Waals surface area contributed by atoms with Gasteiger partial charge in [0.25, 0.3) is 0 Å². The van der Waals surface area contributed by atoms with Crippen LogP contribution in [-0.4, -0.2) is 80.8 Å². The molecule has 0 bridgehead atoms. The fraction of sp³-hybridized carbons (Fsp3) is 0.425. The fourth-order valence-electron chi connectivity index (χ4n) is 8.49. The Balaban J connectivity index is 0.854. The van der Waals surface area contributed by atoms with Gasteiger partial charge in [-0.25, -0.2) is 14.8 Å². The van der Waals surface area contributed by atoms with Crippen LogP contribution < -0.4 is 19.9 Å². The number of hydrogen-bond donors (Lipinski definition) is 2. The monoisotopic (exact) mass is 735 g/mol. The summed E-state index contributed by atoms with van der Waals surface area (Å²) >= 11 is 6.61. The number of piperidine rings is 2. The van der Waals surface area contributed by atoms with E-state index in [1.807, 2.05) is 44.4 Å². The summed E-state index contributed by atoms with van der Waals surface area (Å²) in [5, 5.41) is 7.25. The lowest BCUT2D eigenvalue weighted by Crippen LogP contribution is -2.49. The number of imide groups is 1. The highest BCUT2D eigenvalue weighted by Crippen LogP contribution is 2.44. The molecule has 8 rings (SSSR count). The zero-order chi connectivity index (χ0) is 36.9. The number of likely N-dealkylation sites (tertiary alicyclic amines) is 1. The Kier molecular flexibility index (Phi) is 9.36. The minimum absolute atomic E-state index is 0.124. The number of halogens is 1. The van der Waals surface area contributed by atoms with Gasteiger partial charge in [0.1, 0.15) is 22.1 Å². The molecule has 0 spiro atoms. The normalized spacial score (nSPS) is 19.9. The number of nitrogens with zero attached hydrogens (tertiary/aromatic N) is 7. The molecule has 1 atom stereocenters. The van der Waals surface area contributed by atoms with Gasteiger partial charge in [-0.3, -0.25) is 19.7 Å². The molecule has 6 heterocycles. The number of nitrogens with one attached hydrogen (secondary N) is 2. The lowest BCUT2D eigenvalue weighted by atomic mass is 9.70. The minimum atomic E-state index is -0.347. The van der Waals surface area contributed by atoms with Gasteiger partial charge in [-0.2, -0.15) is 5.10 Å². The highest BCUT2D eigenvalue weighted by molar-refractivity contribution is 6.32. The van der Waals surface area contributed by atoms with Crippen molar-refractivity contribution in [1.82, 2.24) is 34.9 Å². The van der Waals surface area contributed by atoms with Crippen molar-refractivity contribution in [1.29, 1.82) is 0 Å². The number of rotatable bonds is 8. The number of H-pyrrole nitrogens is 1. The largest absolute Gasteiger partial charge is 0.453 e. The first-order valence-corrected chi connectivity index (χ1v) is 18.9. The summed E-state index contributed by atoms with van der Waals surface area (Å²) < 4.78 is 8.14. The van der Waals surface area contributed by atoms with E-state index in [-0.39, 0.29) is 17.4 Å². The van der Waals surface area contributed by atoms with Crippen LogP contribution in [0.25, 0.3) is 22.6 Å². The number of pyridine rings is 1. The molecule has 12 nitrogen and oxygen atoms in total. The van der Waals surface area contributed by atoms with Crippen LogP contribution in [0, 0.1) is 18.3 Å². The van der Waals surface area contributed by atoms with Gasteiger partial charge in [-0.15, -0.1) is 0 Å². The molecule has 53 heavy (non-hydrogen) atoms. The molecule has 2 N–H and O–H groups in total. The molecule has 3 fully saturated rings. The van der Waals surface area contributed by atoms with Crippen molar-refractivity contribution >= 4 is 46.1 Å². The minimum Gasteiger partial charge on any atom is -0.453 e. The molecule has 3 saturated heterocycles. The van der Waals surface area contributed by atoms with Crippen LogP contribution in [0.3, 0.4) is 0 Å². The summed E-state index contributed by atoms with van der Waals surface area (Å²) in [5.41, 5.74) is 6.42. The van der Waals surface area contributed by atoms with Crippen molar-refractivity contribution in [2.24, 2.45) is 18.4 Å². The molecule has 276 valence electrons. The van der Waals surface area contributed by atoms with Crippen molar-refractivity contribution in [3.8, 4) is 22.9 Å². The summed E-state index contributed by atoms with van der Waals surface area (Å²) in [5.74, 6) is 2.80. The Morgan fingerprint density at radius 3 is 2.38 bits per heavy atom. The Morgan fingerprint density at radius 1 is 0.962 bits per heavy atom. The number of fused-ring (bicyclic) bond motifs is 1. The van der Waals surface area contributed by atoms with Crippen LogP contribution in [0.15, 0.2) is 60.9 Å². The maximum Gasteiger partial charge on any atom is 0.328 e. The predicted octanol–water partition coefficient (Wildman–Crippen LogP) is 7.29. The predicted molar refractivity (Wildman–Crippen MR) is 207 cm³/mol. The van der Waals surface area contributed by atoms with Crippen molar-refractivity contribution < 1.29 is 14.3 Å². The third kappa shape index (κ3) is 7.22. The second kappa shape index (κ2) is 14.1. The molecule has 2 aromatic carbocycles. The second-order valence-electron chi connectivity index (χ2n) is 15.5. The van der Waals surface area contributed by atoms with E-state index in [0.29, 0.717) is 58.3 Å². The van der Waals surface area contributed by atoms with Gasteiger partial charge in [0.05, 0.1) is 17.5 Å². The average molecular weight is 736 g/mol. The van der Waals surface area contributed by atoms with Crippen LogP contribution in [-0.2, 0) is 11.8 Å². The van der Waals surface area contributed by atoms with E-state index in [9.17, 15) is 9.59 Å². The van der Waals surface area contributed by atoms with E-state index in [2.05, 4.69) is 73.3 Å². The average Bonchev–Trinajstić information content (AvgIpc) is 3.72. The van der Waals surface area contributed by atoms with Gasteiger partial charge >= 0.3 is 6.03 Å². The lowest BCUT2D eigenvalue weighted by Gasteiger charge is -2.46. The van der Waals surface area contributed by atoms with E-state index < -0.39 is 0 Å². The number of urea groups is 1. The Bertz CT molecular complexity index is 2130. The molecule has 3 aliphatic rings. The fourth-order valence-corrected chi connectivity index (χ4v) is 8.67. The molecule has 3 aliphatic heterocycles. The number of hydrogen-bond acceptors (Lipinski definition) is 8. The molecular weight excluding hydrogens is 690 g/mol. The summed E-state index contributed by atoms with van der Waals surface area (Å²) in [6.07, 6.45) is 7.28. The number of imidazole rings is 1. The third-order valence-electron chi connectivity index (χ3n) is 11.2. The van der Waals surface area contributed by atoms with E-state index in [0.717, 1.165) is 68.9 Å². The van der Waals surface area contributed by atoms with Gasteiger partial charge in [-0.05, 0) is 91.9 Å². The summed E-state index contributed by atoms with van der Waals surface area (Å²) in [6.45, 7) is 12.5. The van der Waals surface area contributed by atoms with Crippen LogP contribution >= 0.6 is 11.6 Å². The van der Waals surface area contributed by atoms with Crippen LogP contribution in [0.4, 0.5) is 16.2 Å². The van der Waals surface area contributed by atoms with Crippen LogP contribution in [0.5, 0.6) is 11.5 Å². The van der Waals surface area contributed by atoms with E-state index in [1.165, 1.54) is 11.3 Å². The number of aromatic amines is 1. The van der Waals surface area contributed by atoms with Crippen molar-refractivity contribution in [2.75, 3.05) is 49.1 Å². The molecule has 3 amide bonds. The number of benzene rings is 2. The summed E-state index contributed by atoms with van der Waals surface area (Å²) in [4.78, 5) is 43.0. The topological polar surface area (TPSA) is 125 Å². The van der Waals surface area contributed by atoms with Gasteiger partial charge in [0.2, 0.25) is 5.91 Å². The lowest BCUT2D eigenvalue weighted by molar-refractivity contribution is -0.120. The highest BCUT2D eigenvalue weighted by Gasteiger charge is 2.37. The van der Waals surface area contributed by atoms with Crippen molar-refractivity contribution in [3.05, 3.63) is 77.2 Å². The first kappa shape index (κ1) is 35.1. The van der Waals surface area contributed by atoms with Gasteiger partial charge < -0.3 is 19.5 Å². The summed E-state index contributed by atoms with van der Waals surface area (Å²) in [7, 11) is 1.89. The molecule has 5 aromatic rings. The maximum atomic E-state index is 12.2. The number of amides is 3. The molecule has 0 aliphatic carbocycles. The zero-order valence-electron chi connectivity index (χ0n) is 30.7. The maximum absolute atomic E-state index is 12.2. The van der Waals surface area contributed by atoms with E-state index >= 15 is 0 Å². The quantitative estimate of drug-likeness (QED) is 0.170. The third-order valence-corrected chi connectivity index (χ3v) is 11.5. The Morgan fingerprint density at radius 2 is 1.70 bits per heavy atom. The first-order chi connectivity index (χ1) is 25.5. The molecule has 0 unspecified atom stereocenters. The highest BCUT2D eigenvalue weighted by atomic mass is 35.5. The SMILES string of the molecule is Cc1nn(C)cc1-c1nc2ncc(Cl)c(Oc3ccc([C@H]4CCN(CC5CCN(c6ccc(N7CCC(=O)NC7=O)cc6)CC5)CC4(C)C)cc3)c2[nH]1. The molecular formula is C40H46ClN9O3. The number of ether oxygens (including phenoxy) is 1. The van der Waals surface area contributed by atoms with E-state index in [1.54, 1.807) is 15.8 Å². The van der Waals surface area contributed by atoms with Crippen LogP contribution in [0.2, 0.25) is 5.02 Å². The number of carbonyl (C=O) groups excluding carboxylic acids is 2. The van der Waals surface area contributed by atoms with Gasteiger partial charge in [0.15, 0.2) is 11.4 Å². The standard InChI is InChI=1S/C40H46ClN9O3/c1-25-31(23-47(4)46-25)37-44-35-36(33(41)21-42-38(35)45-37)53-30-11-5-27(6-12-30)32-15-17-48(24-40(32,2)3)22-26-13-18-49(19-14-26)28-7-9-29(10-8-28)50-20-16-34(51)43-39(50)52/h5-12,21,23,26,32H,13-20,22,24H2,1-4H3,(H,42,44,45)(H,43,51,52)/t32-/m1/s1. The Labute approximate surface area is 314 Å². The second-order valence-corrected chi connectivity index (χ2v) is 15.9. The smallest absolute Gasteiger partial charge is 0.328 e. The Hall–Kier alpha value is -4.94. The number of anilines is 2. The number of aromatic nitrogens is 5. The summed E-state index contributed by atoms with van der Waals surface area (Å²) in [6, 6.07) is 16.3. The van der Waals surface area contributed by atoms with E-state index in [4.69, 9.17) is 16.3 Å². The molecule has 0 radical (unpaired) electrons. The van der Waals surface area contributed by atoms with Gasteiger partial charge in [-0.1, -0.05) is 37.6 Å². The molecule has 0 saturated carbocycles. The zero-order valence-corrected chi connectivity index (χ0v) is 31.5. The molecule has 3 aromatic heterocycles. The number of aryl methyl sites for hydroxylation is 2. The molecule has 13 heteroatoms. The van der Waals surface area contributed by atoms with Crippen LogP contribution in [0.1, 0.15) is 56.7 Å². The first-order valence-electron chi connectivity index (χ1n) is 18.5. The van der Waals surface area contributed by atoms with Gasteiger partial charge in [0, 0.05) is 63.8 Å². The van der Waals surface area contributed by atoms with Crippen molar-refractivity contribution in [2.45, 2.75) is 52.4 Å².